The van der Waals surface area contributed by atoms with E-state index in [1.54, 1.807) is 26.8 Å². The monoisotopic (exact) mass is 665 g/mol. The fourth-order valence-electron chi connectivity index (χ4n) is 9.37. The number of amides is 1. The SMILES string of the molecule is CC(=O)Nc1cc2c(cc1C)CC1C2=CC(C)(C)OC1(C)C.CO.C[C@@H]1[C@H](CC=O)CCC2C3=CC(=O)[C@@H](C(C)(C)O)OC3CC[C@@]21C. The zero-order valence-corrected chi connectivity index (χ0v) is 31.0. The lowest BCUT2D eigenvalue weighted by atomic mass is 9.50. The van der Waals surface area contributed by atoms with Crippen molar-refractivity contribution in [2.75, 3.05) is 12.4 Å². The van der Waals surface area contributed by atoms with E-state index in [0.29, 0.717) is 30.1 Å². The van der Waals surface area contributed by atoms with E-state index in [-0.39, 0.29) is 34.4 Å². The number of anilines is 1. The van der Waals surface area contributed by atoms with Crippen LogP contribution in [-0.4, -0.2) is 64.3 Å². The van der Waals surface area contributed by atoms with Crippen LogP contribution in [0.3, 0.4) is 0 Å². The summed E-state index contributed by atoms with van der Waals surface area (Å²) in [7, 11) is 1.00. The zero-order chi connectivity index (χ0) is 36.0. The Morgan fingerprint density at radius 1 is 1.08 bits per heavy atom. The first-order chi connectivity index (χ1) is 22.3. The van der Waals surface area contributed by atoms with E-state index in [2.05, 4.69) is 65.1 Å². The van der Waals surface area contributed by atoms with Gasteiger partial charge < -0.3 is 29.8 Å². The van der Waals surface area contributed by atoms with Gasteiger partial charge in [-0.05, 0) is 150 Å². The Balaban J connectivity index is 0.000000207. The summed E-state index contributed by atoms with van der Waals surface area (Å²) in [5.74, 6) is 1.50. The summed E-state index contributed by atoms with van der Waals surface area (Å²) in [5.41, 5.74) is 5.66. The second kappa shape index (κ2) is 13.9. The number of benzene rings is 1. The fourth-order valence-corrected chi connectivity index (χ4v) is 9.37. The number of aldehydes is 1. The topological polar surface area (TPSA) is 122 Å². The number of aliphatic hydroxyl groups excluding tert-OH is 1. The third kappa shape index (κ3) is 7.42. The average molecular weight is 666 g/mol. The minimum atomic E-state index is -1.16. The molecule has 2 saturated carbocycles. The largest absolute Gasteiger partial charge is 0.400 e. The molecule has 3 N–H and O–H groups in total. The number of aliphatic hydroxyl groups is 2. The van der Waals surface area contributed by atoms with Gasteiger partial charge >= 0.3 is 0 Å². The molecule has 1 aromatic carbocycles. The van der Waals surface area contributed by atoms with Crippen LogP contribution in [-0.2, 0) is 30.3 Å². The van der Waals surface area contributed by atoms with Gasteiger partial charge in [0.25, 0.3) is 0 Å². The van der Waals surface area contributed by atoms with E-state index in [9.17, 15) is 19.5 Å². The summed E-state index contributed by atoms with van der Waals surface area (Å²) in [6.07, 6.45) is 9.89. The Morgan fingerprint density at radius 3 is 2.35 bits per heavy atom. The minimum absolute atomic E-state index is 0.0285. The molecule has 0 radical (unpaired) electrons. The van der Waals surface area contributed by atoms with Crippen molar-refractivity contribution in [2.24, 2.45) is 29.1 Å². The van der Waals surface area contributed by atoms with E-state index < -0.39 is 11.7 Å². The number of ether oxygens (including phenoxy) is 2. The van der Waals surface area contributed by atoms with Crippen LogP contribution < -0.4 is 5.32 Å². The Kier molecular flexibility index (Phi) is 11.1. The average Bonchev–Trinajstić information content (AvgIpc) is 3.32. The van der Waals surface area contributed by atoms with Crippen molar-refractivity contribution in [1.29, 1.82) is 0 Å². The third-order valence-corrected chi connectivity index (χ3v) is 11.7. The van der Waals surface area contributed by atoms with Crippen molar-refractivity contribution in [1.82, 2.24) is 0 Å². The van der Waals surface area contributed by atoms with Gasteiger partial charge in [0.15, 0.2) is 5.78 Å². The molecular weight excluding hydrogens is 606 g/mol. The maximum Gasteiger partial charge on any atom is 0.221 e. The molecule has 0 spiro atoms. The fraction of sp³-hybridized carbons (Fsp3) is 0.675. The molecule has 8 nitrogen and oxygen atoms in total. The van der Waals surface area contributed by atoms with Crippen LogP contribution in [0.1, 0.15) is 111 Å². The molecule has 6 rings (SSSR count). The number of hydrogen-bond acceptors (Lipinski definition) is 7. The van der Waals surface area contributed by atoms with E-state index in [0.717, 1.165) is 62.3 Å². The number of nitrogens with one attached hydrogen (secondary N) is 1. The quantitative estimate of drug-likeness (QED) is 0.303. The lowest BCUT2D eigenvalue weighted by molar-refractivity contribution is -0.160. The number of ketones is 1. The summed E-state index contributed by atoms with van der Waals surface area (Å²) in [6, 6.07) is 4.35. The second-order valence-corrected chi connectivity index (χ2v) is 16.5. The van der Waals surface area contributed by atoms with Crippen LogP contribution in [0.25, 0.3) is 5.57 Å². The summed E-state index contributed by atoms with van der Waals surface area (Å²) in [5, 5.41) is 20.2. The molecule has 48 heavy (non-hydrogen) atoms. The van der Waals surface area contributed by atoms with Crippen LogP contribution in [0.4, 0.5) is 5.69 Å². The number of carbonyl (C=O) groups excluding carboxylic acids is 3. The normalized spacial score (nSPS) is 32.6. The van der Waals surface area contributed by atoms with Crippen LogP contribution >= 0.6 is 0 Å². The summed E-state index contributed by atoms with van der Waals surface area (Å²) < 4.78 is 12.3. The van der Waals surface area contributed by atoms with Gasteiger partial charge in [-0.25, -0.2) is 0 Å². The molecule has 2 fully saturated rings. The molecule has 0 bridgehead atoms. The second-order valence-electron chi connectivity index (χ2n) is 16.5. The summed E-state index contributed by atoms with van der Waals surface area (Å²) in [4.78, 5) is 34.9. The highest BCUT2D eigenvalue weighted by molar-refractivity contribution is 5.96. The molecule has 0 saturated heterocycles. The highest BCUT2D eigenvalue weighted by atomic mass is 16.5. The number of fused-ring (bicyclic) bond motifs is 6. The maximum atomic E-state index is 12.5. The third-order valence-electron chi connectivity index (χ3n) is 11.7. The first kappa shape index (κ1) is 38.2. The minimum Gasteiger partial charge on any atom is -0.400 e. The van der Waals surface area contributed by atoms with Crippen molar-refractivity contribution in [2.45, 2.75) is 137 Å². The Bertz CT molecular complexity index is 1460. The van der Waals surface area contributed by atoms with Gasteiger partial charge in [-0.3, -0.25) is 9.59 Å². The summed E-state index contributed by atoms with van der Waals surface area (Å²) in [6.45, 7) is 20.0. The number of rotatable bonds is 4. The molecule has 8 heteroatoms. The molecule has 2 aliphatic heterocycles. The highest BCUT2D eigenvalue weighted by Crippen LogP contribution is 2.58. The molecule has 3 aliphatic carbocycles. The smallest absolute Gasteiger partial charge is 0.221 e. The first-order valence-electron chi connectivity index (χ1n) is 17.6. The summed E-state index contributed by atoms with van der Waals surface area (Å²) >= 11 is 0. The van der Waals surface area contributed by atoms with E-state index >= 15 is 0 Å². The van der Waals surface area contributed by atoms with Gasteiger partial charge in [-0.1, -0.05) is 19.9 Å². The molecule has 1 amide bonds. The highest BCUT2D eigenvalue weighted by Gasteiger charge is 2.53. The van der Waals surface area contributed by atoms with Gasteiger partial charge in [0.2, 0.25) is 5.91 Å². The van der Waals surface area contributed by atoms with E-state index in [4.69, 9.17) is 14.6 Å². The Morgan fingerprint density at radius 2 is 1.75 bits per heavy atom. The molecule has 7 atom stereocenters. The van der Waals surface area contributed by atoms with Crippen molar-refractivity contribution in [3.8, 4) is 0 Å². The Labute approximate surface area is 287 Å². The van der Waals surface area contributed by atoms with Crippen molar-refractivity contribution in [3.63, 3.8) is 0 Å². The van der Waals surface area contributed by atoms with E-state index in [1.165, 1.54) is 16.7 Å². The number of carbonyl (C=O) groups is 3. The molecule has 1 aromatic rings. The number of aryl methyl sites for hydroxylation is 1. The van der Waals surface area contributed by atoms with Crippen molar-refractivity contribution < 1.29 is 34.1 Å². The lowest BCUT2D eigenvalue weighted by Gasteiger charge is -2.56. The molecule has 2 heterocycles. The van der Waals surface area contributed by atoms with Crippen molar-refractivity contribution >= 4 is 29.2 Å². The molecule has 0 aromatic heterocycles. The van der Waals surface area contributed by atoms with Gasteiger partial charge in [0.05, 0.1) is 22.9 Å². The van der Waals surface area contributed by atoms with Gasteiger partial charge in [-0.15, -0.1) is 0 Å². The lowest BCUT2D eigenvalue weighted by Crippen LogP contribution is -2.54. The zero-order valence-electron chi connectivity index (χ0n) is 31.0. The van der Waals surface area contributed by atoms with E-state index in [1.807, 2.05) is 6.92 Å². The van der Waals surface area contributed by atoms with Crippen LogP contribution in [0.5, 0.6) is 0 Å². The van der Waals surface area contributed by atoms with Crippen LogP contribution in [0.15, 0.2) is 29.9 Å². The predicted octanol–water partition coefficient (Wildman–Crippen LogP) is 6.78. The van der Waals surface area contributed by atoms with Crippen molar-refractivity contribution in [3.05, 3.63) is 46.5 Å². The van der Waals surface area contributed by atoms with Gasteiger partial charge in [0, 0.05) is 32.1 Å². The molecule has 266 valence electrons. The van der Waals surface area contributed by atoms with Crippen LogP contribution in [0, 0.1) is 36.0 Å². The van der Waals surface area contributed by atoms with Gasteiger partial charge in [-0.2, -0.15) is 0 Å². The predicted molar refractivity (Wildman–Crippen MR) is 189 cm³/mol. The molecular formula is C40H59NO7. The standard InChI is InChI=1S/C20H30O4.C19H25NO2.CH4O/c1-12-13(8-10-21)5-6-15-14-11-16(22)18(19(2,3)23)24-17(14)7-9-20(12,15)4;1-11-7-13-8-16-15(10-18(3,4)22-19(16,5)6)14(13)9-17(11)20-12(2)21;1-2/h10-13,15,17-18,23H,5-9H2,1-4H3;7,9-10,16H,8H2,1-6H3,(H,20,21);2H,1H3/t12-,13+,15?,17?,18+,20-;;/m1../s1. The van der Waals surface area contributed by atoms with Crippen LogP contribution in [0.2, 0.25) is 0 Å². The van der Waals surface area contributed by atoms with Gasteiger partial charge in [0.1, 0.15) is 12.4 Å². The molecule has 3 unspecified atom stereocenters. The Hall–Kier alpha value is -2.65. The maximum absolute atomic E-state index is 12.5. The number of hydrogen-bond donors (Lipinski definition) is 3. The first-order valence-corrected chi connectivity index (χ1v) is 17.6. The molecule has 5 aliphatic rings.